The highest BCUT2D eigenvalue weighted by molar-refractivity contribution is 7.15. The van der Waals surface area contributed by atoms with Gasteiger partial charge in [0.25, 0.3) is 0 Å². The summed E-state index contributed by atoms with van der Waals surface area (Å²) in [6, 6.07) is 24.2. The molecule has 4 aliphatic rings. The SMILES string of the molecule is COc1cc(N2CCN(CC3(O)CCN(c4ccc(C5=N[C@@H](C)c6nnc(C)n6-c6sc(C)c(C)c65)cc4F)CC3)CC2)ccc1[C@@H]1c2ccc(O)cc2CC[C@@H]1c1ccccc1F. The zero-order valence-electron chi connectivity index (χ0n) is 37.1. The van der Waals surface area contributed by atoms with Crippen LogP contribution in [0, 0.1) is 32.4 Å². The van der Waals surface area contributed by atoms with Crippen LogP contribution in [0.4, 0.5) is 20.2 Å². The number of anilines is 2. The number of ether oxygens (including phenoxy) is 1. The fourth-order valence-electron chi connectivity index (χ4n) is 10.7. The highest BCUT2D eigenvalue weighted by Gasteiger charge is 2.38. The van der Waals surface area contributed by atoms with Crippen LogP contribution in [0.5, 0.6) is 11.5 Å². The molecule has 1 aliphatic carbocycles. The van der Waals surface area contributed by atoms with E-state index in [9.17, 15) is 10.2 Å². The summed E-state index contributed by atoms with van der Waals surface area (Å²) in [5, 5.41) is 32.0. The molecule has 2 aromatic heterocycles. The number of benzene rings is 4. The van der Waals surface area contributed by atoms with Gasteiger partial charge in [0.05, 0.1) is 24.1 Å². The lowest BCUT2D eigenvalue weighted by molar-refractivity contribution is -0.0174. The van der Waals surface area contributed by atoms with Crippen molar-refractivity contribution >= 4 is 28.4 Å². The van der Waals surface area contributed by atoms with Crippen molar-refractivity contribution in [3.05, 3.63) is 146 Å². The number of phenolic OH excluding ortho intramolecular Hbond substituents is 1. The summed E-state index contributed by atoms with van der Waals surface area (Å²) in [7, 11) is 1.69. The maximum Gasteiger partial charge on any atom is 0.162 e. The molecule has 6 aromatic rings. The van der Waals surface area contributed by atoms with Gasteiger partial charge in [-0.25, -0.2) is 8.78 Å². The molecule has 4 aromatic carbocycles. The fourth-order valence-corrected chi connectivity index (χ4v) is 12.0. The number of phenols is 1. The standard InChI is InChI=1S/C51H55F2N7O3S/c1-30-32(3)64-50-46(30)48(54-31(2)49-56-55-33(4)60(49)50)35-11-17-44(43(53)27-35)59-20-18-51(62,19-21-59)29-57-22-24-58(25-23-57)36-12-15-41(45(28-36)63-5)47-38-16-13-37(61)26-34(38)10-14-40(47)39-8-6-7-9-42(39)52/h6-9,11-13,15-17,26-28,31,40,47,61-62H,10,14,18-25,29H2,1-5H3/t31-,40+,47+/m0/s1. The maximum absolute atomic E-state index is 16.2. The molecule has 5 heterocycles. The molecule has 3 aliphatic heterocycles. The third-order valence-electron chi connectivity index (χ3n) is 14.3. The van der Waals surface area contributed by atoms with E-state index in [0.29, 0.717) is 43.7 Å². The molecule has 0 bridgehead atoms. The number of aliphatic imine (C=N–C) groups is 1. The number of nitrogens with zero attached hydrogens (tertiary/aromatic N) is 7. The van der Waals surface area contributed by atoms with E-state index in [-0.39, 0.29) is 35.3 Å². The second-order valence-electron chi connectivity index (χ2n) is 18.2. The average Bonchev–Trinajstić information content (AvgIpc) is 3.78. The highest BCUT2D eigenvalue weighted by Crippen LogP contribution is 2.50. The summed E-state index contributed by atoms with van der Waals surface area (Å²) >= 11 is 1.69. The molecule has 10 rings (SSSR count). The number of aliphatic hydroxyl groups is 1. The first kappa shape index (κ1) is 42.3. The Balaban J connectivity index is 0.793. The van der Waals surface area contributed by atoms with Gasteiger partial charge in [-0.3, -0.25) is 14.5 Å². The number of aromatic hydroxyl groups is 1. The van der Waals surface area contributed by atoms with E-state index < -0.39 is 5.60 Å². The summed E-state index contributed by atoms with van der Waals surface area (Å²) in [6.45, 7) is 13.0. The Labute approximate surface area is 377 Å². The first-order valence-electron chi connectivity index (χ1n) is 22.5. The number of aryl methyl sites for hydroxylation is 3. The Kier molecular flexibility index (Phi) is 11.1. The lowest BCUT2D eigenvalue weighted by Crippen LogP contribution is -2.55. The molecule has 2 saturated heterocycles. The lowest BCUT2D eigenvalue weighted by atomic mass is 9.69. The van der Waals surface area contributed by atoms with Crippen molar-refractivity contribution in [2.45, 2.75) is 76.9 Å². The molecular formula is C51H55F2N7O3S. The van der Waals surface area contributed by atoms with Crippen molar-refractivity contribution in [1.82, 2.24) is 19.7 Å². The number of methoxy groups -OCH3 is 1. The molecule has 0 spiro atoms. The van der Waals surface area contributed by atoms with Gasteiger partial charge in [0.1, 0.15) is 40.0 Å². The van der Waals surface area contributed by atoms with Crippen LogP contribution in [0.1, 0.15) is 99.5 Å². The molecule has 2 fully saturated rings. The van der Waals surface area contributed by atoms with Crippen molar-refractivity contribution in [2.75, 3.05) is 62.7 Å². The molecule has 10 nitrogen and oxygen atoms in total. The van der Waals surface area contributed by atoms with Crippen LogP contribution in [0.15, 0.2) is 83.9 Å². The molecule has 64 heavy (non-hydrogen) atoms. The van der Waals surface area contributed by atoms with E-state index in [1.165, 1.54) is 10.9 Å². The summed E-state index contributed by atoms with van der Waals surface area (Å²) in [4.78, 5) is 13.1. The van der Waals surface area contributed by atoms with Gasteiger partial charge in [0.15, 0.2) is 5.82 Å². The number of halogens is 2. The van der Waals surface area contributed by atoms with E-state index in [1.807, 2.05) is 50.2 Å². The molecule has 3 atom stereocenters. The first-order chi connectivity index (χ1) is 30.9. The van der Waals surface area contributed by atoms with Gasteiger partial charge < -0.3 is 24.7 Å². The third kappa shape index (κ3) is 7.54. The summed E-state index contributed by atoms with van der Waals surface area (Å²) in [5.74, 6) is 1.85. The predicted molar refractivity (Wildman–Crippen MR) is 249 cm³/mol. The second-order valence-corrected chi connectivity index (χ2v) is 19.4. The molecule has 0 unspecified atom stereocenters. The summed E-state index contributed by atoms with van der Waals surface area (Å²) in [5.41, 5.74) is 8.25. The number of rotatable bonds is 8. The Morgan fingerprint density at radius 1 is 0.828 bits per heavy atom. The number of thiophene rings is 1. The minimum Gasteiger partial charge on any atom is -0.508 e. The van der Waals surface area contributed by atoms with Gasteiger partial charge in [-0.05, 0) is 118 Å². The van der Waals surface area contributed by atoms with Crippen LogP contribution in [0.2, 0.25) is 0 Å². The lowest BCUT2D eigenvalue weighted by Gasteiger charge is -2.44. The van der Waals surface area contributed by atoms with Gasteiger partial charge in [0, 0.05) is 85.1 Å². The molecule has 0 amide bonds. The number of piperidine rings is 1. The van der Waals surface area contributed by atoms with Gasteiger partial charge in [0.2, 0.25) is 0 Å². The topological polar surface area (TPSA) is 102 Å². The Hall–Kier alpha value is -5.63. The predicted octanol–water partition coefficient (Wildman–Crippen LogP) is 9.17. The first-order valence-corrected chi connectivity index (χ1v) is 23.3. The van der Waals surface area contributed by atoms with Crippen molar-refractivity contribution in [3.8, 4) is 16.5 Å². The zero-order chi connectivity index (χ0) is 44.4. The largest absolute Gasteiger partial charge is 0.508 e. The van der Waals surface area contributed by atoms with Gasteiger partial charge in [-0.2, -0.15) is 0 Å². The van der Waals surface area contributed by atoms with Crippen LogP contribution >= 0.6 is 11.3 Å². The quantitative estimate of drug-likeness (QED) is 0.156. The van der Waals surface area contributed by atoms with E-state index in [0.717, 1.165) is 106 Å². The van der Waals surface area contributed by atoms with Gasteiger partial charge in [-0.1, -0.05) is 36.4 Å². The number of hydrogen-bond donors (Lipinski definition) is 2. The minimum atomic E-state index is -0.866. The van der Waals surface area contributed by atoms with Crippen LogP contribution < -0.4 is 14.5 Å². The molecule has 0 saturated carbocycles. The second kappa shape index (κ2) is 16.7. The third-order valence-corrected chi connectivity index (χ3v) is 15.5. The van der Waals surface area contributed by atoms with Gasteiger partial charge >= 0.3 is 0 Å². The van der Waals surface area contributed by atoms with Crippen molar-refractivity contribution < 1.29 is 23.7 Å². The minimum absolute atomic E-state index is 0.0888. The Bertz CT molecular complexity index is 2770. The molecular weight excluding hydrogens is 829 g/mol. The molecule has 13 heteroatoms. The Morgan fingerprint density at radius 2 is 1.59 bits per heavy atom. The normalized spacial score (nSPS) is 20.9. The Morgan fingerprint density at radius 3 is 2.34 bits per heavy atom. The number of fused-ring (bicyclic) bond motifs is 4. The van der Waals surface area contributed by atoms with E-state index in [1.54, 1.807) is 36.6 Å². The monoisotopic (exact) mass is 883 g/mol. The maximum atomic E-state index is 16.2. The molecule has 0 radical (unpaired) electrons. The summed E-state index contributed by atoms with van der Waals surface area (Å²) in [6.07, 6.45) is 2.60. The van der Waals surface area contributed by atoms with E-state index >= 15 is 8.78 Å². The fraction of sp³-hybridized carbons (Fsp3) is 0.392. The van der Waals surface area contributed by atoms with Crippen LogP contribution in [0.25, 0.3) is 5.00 Å². The van der Waals surface area contributed by atoms with Crippen molar-refractivity contribution in [1.29, 1.82) is 0 Å². The molecule has 332 valence electrons. The number of hydrogen-bond acceptors (Lipinski definition) is 10. The molecule has 2 N–H and O–H groups in total. The summed E-state index contributed by atoms with van der Waals surface area (Å²) < 4.78 is 39.7. The highest BCUT2D eigenvalue weighted by atomic mass is 32.1. The smallest absolute Gasteiger partial charge is 0.162 e. The van der Waals surface area contributed by atoms with Crippen molar-refractivity contribution in [2.24, 2.45) is 4.99 Å². The number of β-amino-alcohol motifs (C(OH)–C–C–N with tert-alkyl or cyclic N) is 1. The average molecular weight is 884 g/mol. The van der Waals surface area contributed by atoms with Crippen molar-refractivity contribution in [3.63, 3.8) is 0 Å². The number of aromatic nitrogens is 3. The zero-order valence-corrected chi connectivity index (χ0v) is 37.9. The number of piperazine rings is 1. The van der Waals surface area contributed by atoms with Crippen LogP contribution in [0.3, 0.4) is 0 Å². The van der Waals surface area contributed by atoms with Gasteiger partial charge in [-0.15, -0.1) is 21.5 Å². The van der Waals surface area contributed by atoms with E-state index in [2.05, 4.69) is 61.5 Å². The van der Waals surface area contributed by atoms with Crippen LogP contribution in [-0.4, -0.2) is 94.1 Å². The van der Waals surface area contributed by atoms with E-state index in [4.69, 9.17) is 9.73 Å². The van der Waals surface area contributed by atoms with Crippen LogP contribution in [-0.2, 0) is 6.42 Å².